The molecule has 6 heteroatoms. The van der Waals surface area contributed by atoms with Crippen LogP contribution in [-0.2, 0) is 16.0 Å². The Morgan fingerprint density at radius 3 is 2.30 bits per heavy atom. The van der Waals surface area contributed by atoms with Crippen LogP contribution >= 0.6 is 0 Å². The number of rotatable bonds is 7. The molecule has 2 rings (SSSR count). The smallest absolute Gasteiger partial charge is 0.326 e. The Labute approximate surface area is 133 Å². The molecule has 23 heavy (non-hydrogen) atoms. The summed E-state index contributed by atoms with van der Waals surface area (Å²) in [7, 11) is 0. The van der Waals surface area contributed by atoms with E-state index in [1.807, 2.05) is 6.07 Å². The van der Waals surface area contributed by atoms with Crippen molar-refractivity contribution in [3.05, 3.63) is 60.2 Å². The van der Waals surface area contributed by atoms with Gasteiger partial charge < -0.3 is 20.3 Å². The zero-order chi connectivity index (χ0) is 16.7. The van der Waals surface area contributed by atoms with Crippen molar-refractivity contribution >= 4 is 11.9 Å². The Kier molecular flexibility index (Phi) is 5.57. The Hall–Kier alpha value is -3.02. The highest BCUT2D eigenvalue weighted by molar-refractivity contribution is 5.84. The zero-order valence-electron chi connectivity index (χ0n) is 12.3. The SMILES string of the molecule is O=C(COc1ccccc1)N[C@@H](Cc1ccc(O)cc1)C(=O)O. The maximum Gasteiger partial charge on any atom is 0.326 e. The molecule has 0 aliphatic heterocycles. The van der Waals surface area contributed by atoms with Crippen molar-refractivity contribution in [2.24, 2.45) is 0 Å². The molecule has 0 bridgehead atoms. The van der Waals surface area contributed by atoms with Gasteiger partial charge in [0.1, 0.15) is 17.5 Å². The number of hydrogen-bond acceptors (Lipinski definition) is 4. The van der Waals surface area contributed by atoms with Gasteiger partial charge in [-0.1, -0.05) is 30.3 Å². The maximum absolute atomic E-state index is 11.8. The van der Waals surface area contributed by atoms with Crippen molar-refractivity contribution in [2.45, 2.75) is 12.5 Å². The molecule has 3 N–H and O–H groups in total. The van der Waals surface area contributed by atoms with E-state index >= 15 is 0 Å². The Morgan fingerprint density at radius 2 is 1.70 bits per heavy atom. The average Bonchev–Trinajstić information content (AvgIpc) is 2.55. The van der Waals surface area contributed by atoms with Crippen molar-refractivity contribution in [1.29, 1.82) is 0 Å². The highest BCUT2D eigenvalue weighted by atomic mass is 16.5. The van der Waals surface area contributed by atoms with E-state index in [-0.39, 0.29) is 18.8 Å². The first-order valence-corrected chi connectivity index (χ1v) is 7.02. The van der Waals surface area contributed by atoms with Crippen molar-refractivity contribution in [3.63, 3.8) is 0 Å². The Morgan fingerprint density at radius 1 is 1.04 bits per heavy atom. The minimum Gasteiger partial charge on any atom is -0.508 e. The molecule has 2 aromatic carbocycles. The van der Waals surface area contributed by atoms with Gasteiger partial charge in [-0.05, 0) is 29.8 Å². The number of aromatic hydroxyl groups is 1. The number of carboxylic acids is 1. The van der Waals surface area contributed by atoms with Gasteiger partial charge in [0.2, 0.25) is 0 Å². The molecule has 2 aromatic rings. The average molecular weight is 315 g/mol. The van der Waals surface area contributed by atoms with E-state index in [1.165, 1.54) is 12.1 Å². The second kappa shape index (κ2) is 7.84. The van der Waals surface area contributed by atoms with E-state index < -0.39 is 17.9 Å². The molecule has 0 heterocycles. The molecule has 0 aromatic heterocycles. The van der Waals surface area contributed by atoms with Crippen molar-refractivity contribution in [2.75, 3.05) is 6.61 Å². The number of aliphatic carboxylic acids is 1. The molecule has 0 saturated carbocycles. The molecule has 1 amide bonds. The number of ether oxygens (including phenoxy) is 1. The molecule has 0 unspecified atom stereocenters. The third-order valence-corrected chi connectivity index (χ3v) is 3.12. The van der Waals surface area contributed by atoms with Crippen LogP contribution in [0.4, 0.5) is 0 Å². The molecule has 0 aliphatic carbocycles. The van der Waals surface area contributed by atoms with E-state index in [0.717, 1.165) is 0 Å². The van der Waals surface area contributed by atoms with Crippen LogP contribution in [0.5, 0.6) is 11.5 Å². The molecule has 1 atom stereocenters. The molecular formula is C17H17NO5. The summed E-state index contributed by atoms with van der Waals surface area (Å²) in [5, 5.41) is 20.9. The molecule has 0 spiro atoms. The second-order valence-electron chi connectivity index (χ2n) is 4.93. The predicted molar refractivity (Wildman–Crippen MR) is 83.3 cm³/mol. The number of carbonyl (C=O) groups excluding carboxylic acids is 1. The Balaban J connectivity index is 1.89. The first-order valence-electron chi connectivity index (χ1n) is 7.02. The highest BCUT2D eigenvalue weighted by Gasteiger charge is 2.20. The molecular weight excluding hydrogens is 298 g/mol. The molecule has 0 fully saturated rings. The molecule has 0 aliphatic rings. The number of phenolic OH excluding ortho intramolecular Hbond substituents is 1. The summed E-state index contributed by atoms with van der Waals surface area (Å²) in [4.78, 5) is 23.1. The normalized spacial score (nSPS) is 11.5. The fourth-order valence-corrected chi connectivity index (χ4v) is 1.97. The van der Waals surface area contributed by atoms with Crippen molar-refractivity contribution in [1.82, 2.24) is 5.32 Å². The standard InChI is InChI=1S/C17H17NO5/c19-13-8-6-12(7-9-13)10-15(17(21)22)18-16(20)11-23-14-4-2-1-3-5-14/h1-9,15,19H,10-11H2,(H,18,20)(H,21,22)/t15-/m0/s1. The number of amides is 1. The molecule has 6 nitrogen and oxygen atoms in total. The number of hydrogen-bond donors (Lipinski definition) is 3. The van der Waals surface area contributed by atoms with Gasteiger partial charge in [-0.2, -0.15) is 0 Å². The van der Waals surface area contributed by atoms with Gasteiger partial charge >= 0.3 is 5.97 Å². The molecule has 120 valence electrons. The molecule has 0 radical (unpaired) electrons. The summed E-state index contributed by atoms with van der Waals surface area (Å²) in [6, 6.07) is 13.9. The van der Waals surface area contributed by atoms with Gasteiger partial charge in [0.05, 0.1) is 0 Å². The van der Waals surface area contributed by atoms with E-state index in [2.05, 4.69) is 5.32 Å². The van der Waals surface area contributed by atoms with Gasteiger partial charge in [0, 0.05) is 6.42 Å². The summed E-state index contributed by atoms with van der Waals surface area (Å²) >= 11 is 0. The largest absolute Gasteiger partial charge is 0.508 e. The summed E-state index contributed by atoms with van der Waals surface area (Å²) in [5.41, 5.74) is 0.694. The number of carboxylic acid groups (broad SMARTS) is 1. The van der Waals surface area contributed by atoms with Gasteiger partial charge in [-0.3, -0.25) is 4.79 Å². The topological polar surface area (TPSA) is 95.9 Å². The summed E-state index contributed by atoms with van der Waals surface area (Å²) in [6.45, 7) is -0.261. The van der Waals surface area contributed by atoms with E-state index in [4.69, 9.17) is 4.74 Å². The van der Waals surface area contributed by atoms with Gasteiger partial charge in [-0.15, -0.1) is 0 Å². The van der Waals surface area contributed by atoms with E-state index in [9.17, 15) is 19.8 Å². The number of benzene rings is 2. The number of para-hydroxylation sites is 1. The number of nitrogens with one attached hydrogen (secondary N) is 1. The third-order valence-electron chi connectivity index (χ3n) is 3.12. The predicted octanol–water partition coefficient (Wildman–Crippen LogP) is 1.58. The van der Waals surface area contributed by atoms with Gasteiger partial charge in [-0.25, -0.2) is 4.79 Å². The number of carbonyl (C=O) groups is 2. The summed E-state index contributed by atoms with van der Waals surface area (Å²) < 4.78 is 5.28. The van der Waals surface area contributed by atoms with Crippen LogP contribution in [0.3, 0.4) is 0 Å². The van der Waals surface area contributed by atoms with Crippen molar-refractivity contribution in [3.8, 4) is 11.5 Å². The fourth-order valence-electron chi connectivity index (χ4n) is 1.97. The minimum atomic E-state index is -1.13. The lowest BCUT2D eigenvalue weighted by Gasteiger charge is -2.15. The number of phenols is 1. The highest BCUT2D eigenvalue weighted by Crippen LogP contribution is 2.12. The van der Waals surface area contributed by atoms with Crippen LogP contribution < -0.4 is 10.1 Å². The van der Waals surface area contributed by atoms with Crippen LogP contribution in [0.25, 0.3) is 0 Å². The first-order chi connectivity index (χ1) is 11.0. The van der Waals surface area contributed by atoms with Crippen molar-refractivity contribution < 1.29 is 24.5 Å². The lowest BCUT2D eigenvalue weighted by Crippen LogP contribution is -2.44. The summed E-state index contributed by atoms with van der Waals surface area (Å²) in [6.07, 6.45) is 0.118. The lowest BCUT2D eigenvalue weighted by molar-refractivity contribution is -0.142. The monoisotopic (exact) mass is 315 g/mol. The van der Waals surface area contributed by atoms with Crippen LogP contribution in [0.15, 0.2) is 54.6 Å². The van der Waals surface area contributed by atoms with E-state index in [0.29, 0.717) is 11.3 Å². The lowest BCUT2D eigenvalue weighted by atomic mass is 10.1. The molecule has 0 saturated heterocycles. The second-order valence-corrected chi connectivity index (χ2v) is 4.93. The van der Waals surface area contributed by atoms with Crippen LogP contribution in [0.1, 0.15) is 5.56 Å². The first kappa shape index (κ1) is 16.4. The summed E-state index contributed by atoms with van der Waals surface area (Å²) in [5.74, 6) is -1.01. The van der Waals surface area contributed by atoms with Gasteiger partial charge in [0.25, 0.3) is 5.91 Å². The maximum atomic E-state index is 11.8. The zero-order valence-corrected chi connectivity index (χ0v) is 12.3. The minimum absolute atomic E-state index is 0.0981. The van der Waals surface area contributed by atoms with Crippen LogP contribution in [0.2, 0.25) is 0 Å². The quantitative estimate of drug-likeness (QED) is 0.721. The Bertz CT molecular complexity index is 654. The third kappa shape index (κ3) is 5.35. The van der Waals surface area contributed by atoms with E-state index in [1.54, 1.807) is 36.4 Å². The van der Waals surface area contributed by atoms with Crippen LogP contribution in [0, 0.1) is 0 Å². The fraction of sp³-hybridized carbons (Fsp3) is 0.176. The van der Waals surface area contributed by atoms with Crippen LogP contribution in [-0.4, -0.2) is 34.7 Å². The van der Waals surface area contributed by atoms with Gasteiger partial charge in [0.15, 0.2) is 6.61 Å².